The van der Waals surface area contributed by atoms with E-state index in [2.05, 4.69) is 38.1 Å². The van der Waals surface area contributed by atoms with E-state index in [4.69, 9.17) is 11.6 Å². The molecule has 1 aromatic heterocycles. The number of rotatable bonds is 3. The van der Waals surface area contributed by atoms with Gasteiger partial charge in [-0.25, -0.2) is 0 Å². The first kappa shape index (κ1) is 11.6. The molecule has 1 aliphatic rings. The van der Waals surface area contributed by atoms with Gasteiger partial charge in [-0.1, -0.05) is 22.9 Å². The van der Waals surface area contributed by atoms with Crippen molar-refractivity contribution in [3.8, 4) is 0 Å². The average molecular weight is 264 g/mol. The number of hydrogen-bond donors (Lipinski definition) is 2. The van der Waals surface area contributed by atoms with Crippen LogP contribution in [0.4, 0.5) is 0 Å². The maximum absolute atomic E-state index is 6.01. The van der Waals surface area contributed by atoms with Crippen LogP contribution in [0.2, 0.25) is 5.02 Å². The van der Waals surface area contributed by atoms with Crippen molar-refractivity contribution in [2.24, 2.45) is 0 Å². The van der Waals surface area contributed by atoms with Gasteiger partial charge in [0.15, 0.2) is 5.82 Å². The Morgan fingerprint density at radius 1 is 1.50 bits per heavy atom. The van der Waals surface area contributed by atoms with Gasteiger partial charge in [-0.05, 0) is 43.0 Å². The summed E-state index contributed by atoms with van der Waals surface area (Å²) in [5.74, 6) is 0.692. The second-order valence-corrected chi connectivity index (χ2v) is 5.03. The molecule has 1 heterocycles. The highest BCUT2D eigenvalue weighted by molar-refractivity contribution is 6.30. The summed E-state index contributed by atoms with van der Waals surface area (Å²) >= 11 is 6.01. The average Bonchev–Trinajstić information content (AvgIpc) is 2.98. The zero-order chi connectivity index (χ0) is 12.5. The van der Waals surface area contributed by atoms with Crippen molar-refractivity contribution in [3.63, 3.8) is 0 Å². The van der Waals surface area contributed by atoms with Crippen LogP contribution in [-0.2, 0) is 6.42 Å². The topological polar surface area (TPSA) is 66.5 Å². The Kier molecular flexibility index (Phi) is 3.01. The summed E-state index contributed by atoms with van der Waals surface area (Å²) in [5, 5.41) is 18.4. The van der Waals surface area contributed by atoms with E-state index < -0.39 is 0 Å². The highest BCUT2D eigenvalue weighted by Gasteiger charge is 2.25. The lowest BCUT2D eigenvalue weighted by atomic mass is 10.1. The lowest BCUT2D eigenvalue weighted by molar-refractivity contribution is 0.450. The number of aromatic nitrogens is 4. The number of hydrogen-bond acceptors (Lipinski definition) is 4. The summed E-state index contributed by atoms with van der Waals surface area (Å²) in [4.78, 5) is 0. The van der Waals surface area contributed by atoms with E-state index in [1.54, 1.807) is 0 Å². The van der Waals surface area contributed by atoms with Crippen LogP contribution in [0.25, 0.3) is 0 Å². The first-order valence-corrected chi connectivity index (χ1v) is 6.39. The molecule has 6 heteroatoms. The van der Waals surface area contributed by atoms with Crippen molar-refractivity contribution >= 4 is 11.6 Å². The Hall–Kier alpha value is -1.46. The van der Waals surface area contributed by atoms with Gasteiger partial charge in [0.25, 0.3) is 0 Å². The van der Waals surface area contributed by atoms with Crippen LogP contribution < -0.4 is 5.32 Å². The number of nitrogens with zero attached hydrogens (tertiary/aromatic N) is 3. The minimum Gasteiger partial charge on any atom is -0.300 e. The molecule has 5 nitrogen and oxygen atoms in total. The summed E-state index contributed by atoms with van der Waals surface area (Å²) in [5.41, 5.74) is 2.66. The maximum atomic E-state index is 6.01. The van der Waals surface area contributed by atoms with Gasteiger partial charge in [-0.15, -0.1) is 10.2 Å². The Morgan fingerprint density at radius 2 is 2.39 bits per heavy atom. The maximum Gasteiger partial charge on any atom is 0.191 e. The number of halogens is 1. The number of aryl methyl sites for hydroxylation is 1. The lowest BCUT2D eigenvalue weighted by Gasteiger charge is -2.17. The number of tetrazole rings is 1. The zero-order valence-electron chi connectivity index (χ0n) is 10.0. The molecular weight excluding hydrogens is 250 g/mol. The number of aromatic amines is 1. The minimum atomic E-state index is 0.0791. The van der Waals surface area contributed by atoms with Crippen molar-refractivity contribution in [1.82, 2.24) is 25.9 Å². The normalized spacial score (nSPS) is 19.8. The summed E-state index contributed by atoms with van der Waals surface area (Å²) in [6.45, 7) is 2.04. The number of fused-ring (bicyclic) bond motifs is 1. The number of benzene rings is 1. The van der Waals surface area contributed by atoms with E-state index in [1.165, 1.54) is 11.1 Å². The van der Waals surface area contributed by atoms with Crippen LogP contribution >= 0.6 is 11.6 Å². The zero-order valence-corrected chi connectivity index (χ0v) is 10.8. The Labute approximate surface area is 110 Å². The first-order chi connectivity index (χ1) is 8.74. The highest BCUT2D eigenvalue weighted by Crippen LogP contribution is 2.34. The molecule has 2 aromatic rings. The van der Waals surface area contributed by atoms with Gasteiger partial charge >= 0.3 is 0 Å². The van der Waals surface area contributed by atoms with Gasteiger partial charge in [-0.3, -0.25) is 0 Å². The van der Waals surface area contributed by atoms with E-state index in [0.29, 0.717) is 11.9 Å². The third-order valence-electron chi connectivity index (χ3n) is 3.38. The van der Waals surface area contributed by atoms with Crippen LogP contribution in [0.1, 0.15) is 42.4 Å². The monoisotopic (exact) mass is 263 g/mol. The molecule has 2 unspecified atom stereocenters. The second kappa shape index (κ2) is 4.66. The van der Waals surface area contributed by atoms with E-state index in [1.807, 2.05) is 13.0 Å². The van der Waals surface area contributed by atoms with Crippen molar-refractivity contribution in [2.75, 3.05) is 0 Å². The molecule has 94 valence electrons. The Bertz CT molecular complexity index is 539. The quantitative estimate of drug-likeness (QED) is 0.891. The Morgan fingerprint density at radius 3 is 3.17 bits per heavy atom. The molecular formula is C12H14ClN5. The van der Waals surface area contributed by atoms with Crippen LogP contribution in [0.5, 0.6) is 0 Å². The predicted molar refractivity (Wildman–Crippen MR) is 68.2 cm³/mol. The largest absolute Gasteiger partial charge is 0.300 e. The number of nitrogens with one attached hydrogen (secondary N) is 2. The molecule has 18 heavy (non-hydrogen) atoms. The molecule has 0 saturated heterocycles. The summed E-state index contributed by atoms with van der Waals surface area (Å²) in [7, 11) is 0. The summed E-state index contributed by atoms with van der Waals surface area (Å²) in [6.07, 6.45) is 2.14. The second-order valence-electron chi connectivity index (χ2n) is 4.59. The molecule has 0 aliphatic heterocycles. The molecule has 3 rings (SSSR count). The van der Waals surface area contributed by atoms with E-state index >= 15 is 0 Å². The fraction of sp³-hybridized carbons (Fsp3) is 0.417. The lowest BCUT2D eigenvalue weighted by Crippen LogP contribution is -2.23. The Balaban J connectivity index is 1.77. The fourth-order valence-electron chi connectivity index (χ4n) is 2.49. The van der Waals surface area contributed by atoms with Gasteiger partial charge in [0, 0.05) is 11.1 Å². The SMILES string of the molecule is CC(NC1CCc2cc(Cl)ccc21)c1nn[nH]n1. The summed E-state index contributed by atoms with van der Waals surface area (Å²) < 4.78 is 0. The van der Waals surface area contributed by atoms with E-state index in [-0.39, 0.29) is 6.04 Å². The molecule has 0 saturated carbocycles. The molecule has 0 fully saturated rings. The molecule has 0 spiro atoms. The van der Waals surface area contributed by atoms with Gasteiger partial charge < -0.3 is 5.32 Å². The first-order valence-electron chi connectivity index (χ1n) is 6.02. The third-order valence-corrected chi connectivity index (χ3v) is 3.62. The van der Waals surface area contributed by atoms with Gasteiger partial charge in [0.05, 0.1) is 6.04 Å². The molecule has 2 N–H and O–H groups in total. The van der Waals surface area contributed by atoms with Gasteiger partial charge in [0.1, 0.15) is 0 Å². The fourth-order valence-corrected chi connectivity index (χ4v) is 2.68. The van der Waals surface area contributed by atoms with Crippen LogP contribution in [0.15, 0.2) is 18.2 Å². The third kappa shape index (κ3) is 2.11. The van der Waals surface area contributed by atoms with Crippen molar-refractivity contribution < 1.29 is 0 Å². The molecule has 1 aliphatic carbocycles. The molecule has 0 bridgehead atoms. The van der Waals surface area contributed by atoms with Crippen LogP contribution in [-0.4, -0.2) is 20.6 Å². The minimum absolute atomic E-state index is 0.0791. The molecule has 0 radical (unpaired) electrons. The van der Waals surface area contributed by atoms with Gasteiger partial charge in [-0.2, -0.15) is 5.21 Å². The van der Waals surface area contributed by atoms with Crippen molar-refractivity contribution in [2.45, 2.75) is 31.8 Å². The smallest absolute Gasteiger partial charge is 0.191 e. The molecule has 1 aromatic carbocycles. The van der Waals surface area contributed by atoms with Crippen LogP contribution in [0, 0.1) is 0 Å². The highest BCUT2D eigenvalue weighted by atomic mass is 35.5. The number of H-pyrrole nitrogens is 1. The van der Waals surface area contributed by atoms with Crippen molar-refractivity contribution in [1.29, 1.82) is 0 Å². The predicted octanol–water partition coefficient (Wildman–Crippen LogP) is 2.19. The van der Waals surface area contributed by atoms with E-state index in [9.17, 15) is 0 Å². The standard InChI is InChI=1S/C12H14ClN5/c1-7(12-15-17-18-16-12)14-11-5-2-8-6-9(13)3-4-10(8)11/h3-4,6-7,11,14H,2,5H2,1H3,(H,15,16,17,18). The van der Waals surface area contributed by atoms with Crippen molar-refractivity contribution in [3.05, 3.63) is 40.2 Å². The van der Waals surface area contributed by atoms with E-state index in [0.717, 1.165) is 17.9 Å². The van der Waals surface area contributed by atoms with Gasteiger partial charge in [0.2, 0.25) is 0 Å². The summed E-state index contributed by atoms with van der Waals surface area (Å²) in [6, 6.07) is 6.52. The van der Waals surface area contributed by atoms with Crippen LogP contribution in [0.3, 0.4) is 0 Å². The molecule has 0 amide bonds. The molecule has 2 atom stereocenters.